The zero-order valence-corrected chi connectivity index (χ0v) is 19.3. The van der Waals surface area contributed by atoms with Crippen molar-refractivity contribution in [1.82, 2.24) is 13.7 Å². The van der Waals surface area contributed by atoms with Crippen LogP contribution in [0.25, 0.3) is 5.69 Å². The predicted octanol–water partition coefficient (Wildman–Crippen LogP) is 2.32. The standard InChI is InChI=1S/C26H24N4O5/c1-17-10-11-19(14-20(17)29-12-6-7-13-29)25(33)35-16-21(31)22-23(27)30(26(34)28(2)24(22)32)15-18-8-4-3-5-9-18/h3-14H,15-16,27H2,1-2H3. The molecule has 2 aromatic carbocycles. The fourth-order valence-electron chi connectivity index (χ4n) is 3.76. The highest BCUT2D eigenvalue weighted by molar-refractivity contribution is 6.02. The number of hydrogen-bond donors (Lipinski definition) is 1. The maximum Gasteiger partial charge on any atom is 0.338 e. The highest BCUT2D eigenvalue weighted by Crippen LogP contribution is 2.17. The minimum Gasteiger partial charge on any atom is -0.454 e. The summed E-state index contributed by atoms with van der Waals surface area (Å²) in [6, 6.07) is 17.8. The number of esters is 1. The summed E-state index contributed by atoms with van der Waals surface area (Å²) in [5.41, 5.74) is 6.97. The van der Waals surface area contributed by atoms with Gasteiger partial charge in [0.05, 0.1) is 12.1 Å². The first-order valence-corrected chi connectivity index (χ1v) is 10.9. The number of hydrogen-bond acceptors (Lipinski definition) is 6. The van der Waals surface area contributed by atoms with E-state index in [1.807, 2.05) is 42.1 Å². The van der Waals surface area contributed by atoms with Gasteiger partial charge in [0.25, 0.3) is 5.56 Å². The second-order valence-corrected chi connectivity index (χ2v) is 8.07. The van der Waals surface area contributed by atoms with E-state index in [1.54, 1.807) is 42.5 Å². The Kier molecular flexibility index (Phi) is 6.50. The third-order valence-electron chi connectivity index (χ3n) is 5.71. The third-order valence-corrected chi connectivity index (χ3v) is 5.71. The monoisotopic (exact) mass is 472 g/mol. The van der Waals surface area contributed by atoms with Gasteiger partial charge in [0, 0.05) is 25.1 Å². The highest BCUT2D eigenvalue weighted by atomic mass is 16.5. The third kappa shape index (κ3) is 4.70. The van der Waals surface area contributed by atoms with Gasteiger partial charge in [-0.25, -0.2) is 9.59 Å². The first kappa shape index (κ1) is 23.5. The number of ether oxygens (including phenoxy) is 1. The van der Waals surface area contributed by atoms with E-state index in [1.165, 1.54) is 7.05 Å². The molecule has 9 nitrogen and oxygen atoms in total. The summed E-state index contributed by atoms with van der Waals surface area (Å²) in [4.78, 5) is 50.9. The molecule has 35 heavy (non-hydrogen) atoms. The molecule has 0 saturated heterocycles. The van der Waals surface area contributed by atoms with Crippen LogP contribution in [-0.4, -0.2) is 32.1 Å². The highest BCUT2D eigenvalue weighted by Gasteiger charge is 2.23. The number of carbonyl (C=O) groups is 2. The van der Waals surface area contributed by atoms with Crippen molar-refractivity contribution >= 4 is 17.6 Å². The van der Waals surface area contributed by atoms with Crippen LogP contribution >= 0.6 is 0 Å². The summed E-state index contributed by atoms with van der Waals surface area (Å²) in [7, 11) is 1.27. The van der Waals surface area contributed by atoms with Gasteiger partial charge in [-0.2, -0.15) is 0 Å². The van der Waals surface area contributed by atoms with Crippen molar-refractivity contribution in [2.45, 2.75) is 13.5 Å². The Morgan fingerprint density at radius 2 is 1.66 bits per heavy atom. The number of Topliss-reactive ketones (excluding diaryl/α,β-unsaturated/α-hetero) is 1. The number of nitrogens with zero attached hydrogens (tertiary/aromatic N) is 3. The molecule has 2 N–H and O–H groups in total. The second kappa shape index (κ2) is 9.68. The van der Waals surface area contributed by atoms with Crippen molar-refractivity contribution in [1.29, 1.82) is 0 Å². The summed E-state index contributed by atoms with van der Waals surface area (Å²) in [5, 5.41) is 0. The van der Waals surface area contributed by atoms with E-state index in [2.05, 4.69) is 0 Å². The quantitative estimate of drug-likeness (QED) is 0.326. The fraction of sp³-hybridized carbons (Fsp3) is 0.154. The normalized spacial score (nSPS) is 10.8. The molecule has 0 aliphatic heterocycles. The van der Waals surface area contributed by atoms with Crippen molar-refractivity contribution in [2.24, 2.45) is 7.05 Å². The van der Waals surface area contributed by atoms with Crippen LogP contribution in [0.3, 0.4) is 0 Å². The van der Waals surface area contributed by atoms with Gasteiger partial charge in [0.1, 0.15) is 11.4 Å². The number of ketones is 1. The number of benzene rings is 2. The molecule has 2 aromatic heterocycles. The van der Waals surface area contributed by atoms with Crippen LogP contribution in [0, 0.1) is 6.92 Å². The molecule has 9 heteroatoms. The predicted molar refractivity (Wildman–Crippen MR) is 131 cm³/mol. The number of anilines is 1. The van der Waals surface area contributed by atoms with Crippen LogP contribution in [0.4, 0.5) is 5.82 Å². The molecule has 0 spiro atoms. The molecule has 0 fully saturated rings. The first-order chi connectivity index (χ1) is 16.8. The van der Waals surface area contributed by atoms with Gasteiger partial charge in [-0.1, -0.05) is 36.4 Å². The topological polar surface area (TPSA) is 118 Å². The van der Waals surface area contributed by atoms with Gasteiger partial charge in [0.2, 0.25) is 5.78 Å². The molecule has 2 heterocycles. The van der Waals surface area contributed by atoms with Gasteiger partial charge in [-0.05, 0) is 42.3 Å². The molecule has 0 bridgehead atoms. The van der Waals surface area contributed by atoms with Gasteiger partial charge < -0.3 is 15.0 Å². The number of aromatic nitrogens is 3. The summed E-state index contributed by atoms with van der Waals surface area (Å²) in [6.07, 6.45) is 3.70. The molecule has 4 aromatic rings. The number of rotatable bonds is 7. The number of nitrogen functional groups attached to an aromatic ring is 1. The van der Waals surface area contributed by atoms with Crippen LogP contribution in [0.1, 0.15) is 31.8 Å². The lowest BCUT2D eigenvalue weighted by Crippen LogP contribution is -2.43. The minimum atomic E-state index is -0.844. The summed E-state index contributed by atoms with van der Waals surface area (Å²) in [5.74, 6) is -1.79. The molecule has 0 aliphatic rings. The Morgan fingerprint density at radius 3 is 2.34 bits per heavy atom. The van der Waals surface area contributed by atoms with Crippen LogP contribution in [-0.2, 0) is 18.3 Å². The minimum absolute atomic E-state index is 0.0746. The maximum absolute atomic E-state index is 12.9. The Labute approximate surface area is 200 Å². The smallest absolute Gasteiger partial charge is 0.338 e. The first-order valence-electron chi connectivity index (χ1n) is 10.9. The van der Waals surface area contributed by atoms with E-state index in [0.29, 0.717) is 0 Å². The average Bonchev–Trinajstić information content (AvgIpc) is 3.40. The van der Waals surface area contributed by atoms with Gasteiger partial charge in [0.15, 0.2) is 6.61 Å². The van der Waals surface area contributed by atoms with Crippen molar-refractivity contribution in [3.05, 3.63) is 116 Å². The van der Waals surface area contributed by atoms with Gasteiger partial charge in [-0.3, -0.25) is 18.7 Å². The molecule has 0 atom stereocenters. The van der Waals surface area contributed by atoms with E-state index in [4.69, 9.17) is 10.5 Å². The van der Waals surface area contributed by atoms with E-state index in [9.17, 15) is 19.2 Å². The lowest BCUT2D eigenvalue weighted by atomic mass is 10.1. The second-order valence-electron chi connectivity index (χ2n) is 8.07. The van der Waals surface area contributed by atoms with E-state index >= 15 is 0 Å². The zero-order valence-electron chi connectivity index (χ0n) is 19.3. The average molecular weight is 473 g/mol. The van der Waals surface area contributed by atoms with E-state index in [0.717, 1.165) is 25.9 Å². The molecule has 0 unspecified atom stereocenters. The Bertz CT molecular complexity index is 1520. The molecular weight excluding hydrogens is 448 g/mol. The molecule has 178 valence electrons. The Morgan fingerprint density at radius 1 is 0.971 bits per heavy atom. The zero-order chi connectivity index (χ0) is 25.1. The molecule has 0 radical (unpaired) electrons. The van der Waals surface area contributed by atoms with Crippen molar-refractivity contribution in [2.75, 3.05) is 12.3 Å². The van der Waals surface area contributed by atoms with Crippen molar-refractivity contribution in [3.8, 4) is 5.69 Å². The number of aryl methyl sites for hydroxylation is 1. The van der Waals surface area contributed by atoms with Crippen LogP contribution in [0.5, 0.6) is 0 Å². The molecule has 0 saturated carbocycles. The molecule has 4 rings (SSSR count). The van der Waals surface area contributed by atoms with E-state index < -0.39 is 35.2 Å². The molecule has 0 amide bonds. The summed E-state index contributed by atoms with van der Waals surface area (Å²) in [6.45, 7) is 1.29. The van der Waals surface area contributed by atoms with Crippen molar-refractivity contribution < 1.29 is 14.3 Å². The van der Waals surface area contributed by atoms with Crippen molar-refractivity contribution in [3.63, 3.8) is 0 Å². The largest absolute Gasteiger partial charge is 0.454 e. The van der Waals surface area contributed by atoms with Crippen LogP contribution < -0.4 is 17.0 Å². The summed E-state index contributed by atoms with van der Waals surface area (Å²) < 4.78 is 9.03. The molecule has 0 aliphatic carbocycles. The lowest BCUT2D eigenvalue weighted by Gasteiger charge is -2.15. The van der Waals surface area contributed by atoms with Gasteiger partial charge >= 0.3 is 11.7 Å². The number of nitrogens with two attached hydrogens (primary N) is 1. The van der Waals surface area contributed by atoms with Gasteiger partial charge in [-0.15, -0.1) is 0 Å². The maximum atomic E-state index is 12.9. The summed E-state index contributed by atoms with van der Waals surface area (Å²) >= 11 is 0. The van der Waals surface area contributed by atoms with E-state index in [-0.39, 0.29) is 17.9 Å². The fourth-order valence-corrected chi connectivity index (χ4v) is 3.76. The SMILES string of the molecule is Cc1ccc(C(=O)OCC(=O)c2c(N)n(Cc3ccccc3)c(=O)n(C)c2=O)cc1-n1cccc1. The Hall–Kier alpha value is -4.66. The lowest BCUT2D eigenvalue weighted by molar-refractivity contribution is 0.0474. The number of carbonyl (C=O) groups excluding carboxylic acids is 2. The Balaban J connectivity index is 1.58. The van der Waals surface area contributed by atoms with Crippen LogP contribution in [0.15, 0.2) is 82.6 Å². The van der Waals surface area contributed by atoms with Crippen LogP contribution in [0.2, 0.25) is 0 Å². The molecular formula is C26H24N4O5.